The molecule has 19 heavy (non-hydrogen) atoms. The molecule has 0 saturated heterocycles. The highest BCUT2D eigenvalue weighted by molar-refractivity contribution is 7.80. The molecule has 2 rings (SSSR count). The van der Waals surface area contributed by atoms with Crippen molar-refractivity contribution in [2.24, 2.45) is 5.73 Å². The van der Waals surface area contributed by atoms with Crippen LogP contribution in [0, 0.1) is 17.5 Å². The topological polar surface area (TPSA) is 50.9 Å². The number of hydrogen-bond donors (Lipinski definition) is 2. The zero-order chi connectivity index (χ0) is 14.0. The Morgan fingerprint density at radius 3 is 2.42 bits per heavy atom. The first-order valence-corrected chi connectivity index (χ1v) is 5.56. The van der Waals surface area contributed by atoms with Crippen molar-refractivity contribution in [3.63, 3.8) is 0 Å². The van der Waals surface area contributed by atoms with Crippen LogP contribution in [0.3, 0.4) is 0 Å². The van der Waals surface area contributed by atoms with Crippen LogP contribution in [0.25, 0.3) is 0 Å². The Hall–Kier alpha value is -2.15. The molecule has 0 unspecified atom stereocenters. The third-order valence-electron chi connectivity index (χ3n) is 2.32. The predicted octanol–water partition coefficient (Wildman–Crippen LogP) is 2.88. The SMILES string of the molecule is NC(=S)c1cccnc1Nc1c(F)cc(F)cc1F. The second-order valence-corrected chi connectivity index (χ2v) is 4.07. The Bertz CT molecular complexity index is 623. The van der Waals surface area contributed by atoms with Gasteiger partial charge in [0, 0.05) is 18.3 Å². The highest BCUT2D eigenvalue weighted by atomic mass is 32.1. The van der Waals surface area contributed by atoms with E-state index in [9.17, 15) is 13.2 Å². The van der Waals surface area contributed by atoms with Crippen molar-refractivity contribution in [1.29, 1.82) is 0 Å². The van der Waals surface area contributed by atoms with E-state index in [-0.39, 0.29) is 10.8 Å². The fraction of sp³-hybridized carbons (Fsp3) is 0. The monoisotopic (exact) mass is 283 g/mol. The second-order valence-electron chi connectivity index (χ2n) is 3.63. The van der Waals surface area contributed by atoms with E-state index in [0.717, 1.165) is 0 Å². The van der Waals surface area contributed by atoms with E-state index in [1.54, 1.807) is 12.1 Å². The molecule has 0 radical (unpaired) electrons. The van der Waals surface area contributed by atoms with Crippen LogP contribution in [0.5, 0.6) is 0 Å². The lowest BCUT2D eigenvalue weighted by Gasteiger charge is -2.11. The number of nitrogens with one attached hydrogen (secondary N) is 1. The number of pyridine rings is 1. The van der Waals surface area contributed by atoms with Crippen LogP contribution in [-0.2, 0) is 0 Å². The van der Waals surface area contributed by atoms with Crippen molar-refractivity contribution >= 4 is 28.7 Å². The molecule has 0 atom stereocenters. The molecule has 1 aromatic carbocycles. The molecule has 0 saturated carbocycles. The molecular weight excluding hydrogens is 275 g/mol. The Morgan fingerprint density at radius 1 is 1.21 bits per heavy atom. The number of thiocarbonyl (C=S) groups is 1. The summed E-state index contributed by atoms with van der Waals surface area (Å²) in [6.45, 7) is 0. The Balaban J connectivity index is 2.45. The zero-order valence-electron chi connectivity index (χ0n) is 9.45. The highest BCUT2D eigenvalue weighted by Crippen LogP contribution is 2.25. The molecule has 98 valence electrons. The third kappa shape index (κ3) is 2.82. The van der Waals surface area contributed by atoms with E-state index in [4.69, 9.17) is 18.0 Å². The van der Waals surface area contributed by atoms with Gasteiger partial charge in [-0.15, -0.1) is 0 Å². The number of nitrogens with two attached hydrogens (primary N) is 1. The summed E-state index contributed by atoms with van der Waals surface area (Å²) in [6.07, 6.45) is 1.41. The van der Waals surface area contributed by atoms with Crippen molar-refractivity contribution < 1.29 is 13.2 Å². The summed E-state index contributed by atoms with van der Waals surface area (Å²) in [5.74, 6) is -3.05. The lowest BCUT2D eigenvalue weighted by Crippen LogP contribution is -2.13. The Kier molecular flexibility index (Phi) is 3.66. The van der Waals surface area contributed by atoms with Gasteiger partial charge in [-0.3, -0.25) is 0 Å². The Morgan fingerprint density at radius 2 is 1.84 bits per heavy atom. The standard InChI is InChI=1S/C12H8F3N3S/c13-6-4-8(14)10(9(15)5-6)18-12-7(11(16)19)2-1-3-17-12/h1-5H,(H2,16,19)(H,17,18). The summed E-state index contributed by atoms with van der Waals surface area (Å²) in [7, 11) is 0. The van der Waals surface area contributed by atoms with Crippen LogP contribution in [0.15, 0.2) is 30.5 Å². The lowest BCUT2D eigenvalue weighted by molar-refractivity contribution is 0.549. The second kappa shape index (κ2) is 5.23. The molecule has 0 spiro atoms. The number of benzene rings is 1. The van der Waals surface area contributed by atoms with Crippen LogP contribution in [0.2, 0.25) is 0 Å². The molecule has 2 aromatic rings. The van der Waals surface area contributed by atoms with Crippen molar-refractivity contribution in [3.8, 4) is 0 Å². The molecule has 3 N–H and O–H groups in total. The van der Waals surface area contributed by atoms with Gasteiger partial charge in [-0.25, -0.2) is 18.2 Å². The molecule has 0 bridgehead atoms. The first-order chi connectivity index (χ1) is 8.99. The van der Waals surface area contributed by atoms with Gasteiger partial charge in [0.05, 0.1) is 5.56 Å². The number of halogens is 3. The molecule has 0 fully saturated rings. The van der Waals surface area contributed by atoms with Gasteiger partial charge < -0.3 is 11.1 Å². The smallest absolute Gasteiger partial charge is 0.152 e. The largest absolute Gasteiger partial charge is 0.389 e. The quantitative estimate of drug-likeness (QED) is 0.850. The average Bonchev–Trinajstić information content (AvgIpc) is 2.34. The maximum Gasteiger partial charge on any atom is 0.152 e. The van der Waals surface area contributed by atoms with E-state index in [1.165, 1.54) is 6.20 Å². The number of anilines is 2. The first-order valence-electron chi connectivity index (χ1n) is 5.15. The maximum absolute atomic E-state index is 13.5. The predicted molar refractivity (Wildman–Crippen MR) is 69.7 cm³/mol. The minimum absolute atomic E-state index is 0.0264. The fourth-order valence-electron chi connectivity index (χ4n) is 1.48. The normalized spacial score (nSPS) is 10.3. The van der Waals surface area contributed by atoms with Gasteiger partial charge in [0.1, 0.15) is 22.3 Å². The van der Waals surface area contributed by atoms with E-state index in [0.29, 0.717) is 17.7 Å². The number of nitrogens with zero attached hydrogens (tertiary/aromatic N) is 1. The minimum Gasteiger partial charge on any atom is -0.389 e. The number of hydrogen-bond acceptors (Lipinski definition) is 3. The third-order valence-corrected chi connectivity index (χ3v) is 2.54. The molecular formula is C12H8F3N3S. The van der Waals surface area contributed by atoms with Crippen LogP contribution in [-0.4, -0.2) is 9.97 Å². The van der Waals surface area contributed by atoms with E-state index < -0.39 is 23.1 Å². The van der Waals surface area contributed by atoms with Gasteiger partial charge in [-0.05, 0) is 12.1 Å². The Labute approximate surface area is 112 Å². The fourth-order valence-corrected chi connectivity index (χ4v) is 1.65. The summed E-state index contributed by atoms with van der Waals surface area (Å²) in [4.78, 5) is 3.92. The molecule has 1 heterocycles. The van der Waals surface area contributed by atoms with Crippen molar-refractivity contribution in [1.82, 2.24) is 4.98 Å². The van der Waals surface area contributed by atoms with E-state index >= 15 is 0 Å². The zero-order valence-corrected chi connectivity index (χ0v) is 10.3. The first kappa shape index (κ1) is 13.3. The van der Waals surface area contributed by atoms with Crippen LogP contribution < -0.4 is 11.1 Å². The van der Waals surface area contributed by atoms with Gasteiger partial charge in [0.2, 0.25) is 0 Å². The molecule has 7 heteroatoms. The molecule has 0 aliphatic carbocycles. The minimum atomic E-state index is -1.07. The van der Waals surface area contributed by atoms with Crippen molar-refractivity contribution in [2.75, 3.05) is 5.32 Å². The average molecular weight is 283 g/mol. The lowest BCUT2D eigenvalue weighted by atomic mass is 10.2. The summed E-state index contributed by atoms with van der Waals surface area (Å²) >= 11 is 4.80. The van der Waals surface area contributed by atoms with E-state index in [2.05, 4.69) is 10.3 Å². The van der Waals surface area contributed by atoms with Crippen molar-refractivity contribution in [2.45, 2.75) is 0 Å². The van der Waals surface area contributed by atoms with Crippen LogP contribution in [0.1, 0.15) is 5.56 Å². The maximum atomic E-state index is 13.5. The van der Waals surface area contributed by atoms with Crippen LogP contribution >= 0.6 is 12.2 Å². The highest BCUT2D eigenvalue weighted by Gasteiger charge is 2.14. The summed E-state index contributed by atoms with van der Waals surface area (Å²) in [5, 5.41) is 2.42. The van der Waals surface area contributed by atoms with Gasteiger partial charge in [0.25, 0.3) is 0 Å². The van der Waals surface area contributed by atoms with Crippen molar-refractivity contribution in [3.05, 3.63) is 53.5 Å². The summed E-state index contributed by atoms with van der Waals surface area (Å²) in [6, 6.07) is 4.26. The van der Waals surface area contributed by atoms with Gasteiger partial charge in [0.15, 0.2) is 11.6 Å². The van der Waals surface area contributed by atoms with Crippen LogP contribution in [0.4, 0.5) is 24.7 Å². The molecule has 0 aliphatic rings. The number of rotatable bonds is 3. The molecule has 0 aliphatic heterocycles. The summed E-state index contributed by atoms with van der Waals surface area (Å²) < 4.78 is 39.8. The van der Waals surface area contributed by atoms with Gasteiger partial charge >= 0.3 is 0 Å². The van der Waals surface area contributed by atoms with Gasteiger partial charge in [-0.2, -0.15) is 0 Å². The number of aromatic nitrogens is 1. The van der Waals surface area contributed by atoms with E-state index in [1.807, 2.05) is 0 Å². The summed E-state index contributed by atoms with van der Waals surface area (Å²) in [5.41, 5.74) is 5.29. The van der Waals surface area contributed by atoms with Gasteiger partial charge in [-0.1, -0.05) is 12.2 Å². The molecule has 0 amide bonds. The molecule has 3 nitrogen and oxygen atoms in total. The molecule has 1 aromatic heterocycles.